The van der Waals surface area contributed by atoms with E-state index in [0.717, 1.165) is 5.57 Å². The first-order valence-corrected chi connectivity index (χ1v) is 3.06. The summed E-state index contributed by atoms with van der Waals surface area (Å²) in [6.07, 6.45) is 3.45. The van der Waals surface area contributed by atoms with E-state index >= 15 is 0 Å². The average Bonchev–Trinajstić information content (AvgIpc) is 1.82. The molecule has 0 aromatic carbocycles. The Kier molecular flexibility index (Phi) is 4.06. The van der Waals surface area contributed by atoms with E-state index in [4.69, 9.17) is 11.6 Å². The molecule has 0 N–H and O–H groups in total. The van der Waals surface area contributed by atoms with E-state index in [0.29, 0.717) is 5.17 Å². The summed E-state index contributed by atoms with van der Waals surface area (Å²) in [7, 11) is 0. The fourth-order valence-corrected chi connectivity index (χ4v) is 0.307. The molecule has 50 valence electrons. The number of halogens is 1. The van der Waals surface area contributed by atoms with Crippen molar-refractivity contribution in [2.75, 3.05) is 0 Å². The lowest BCUT2D eigenvalue weighted by atomic mass is 10.4. The maximum absolute atomic E-state index is 5.59. The van der Waals surface area contributed by atoms with Crippen molar-refractivity contribution in [3.8, 4) is 0 Å². The standard InChI is InChI=1S/C7H10ClN/c1-4-5-9-7(8)6(2)3/h4-5H,2H2,1,3H3. The molecule has 0 heterocycles. The zero-order valence-corrected chi connectivity index (χ0v) is 6.44. The third kappa shape index (κ3) is 3.98. The molecule has 9 heavy (non-hydrogen) atoms. The molecule has 2 heteroatoms. The van der Waals surface area contributed by atoms with Crippen molar-refractivity contribution in [3.63, 3.8) is 0 Å². The molecule has 1 nitrogen and oxygen atoms in total. The van der Waals surface area contributed by atoms with E-state index in [2.05, 4.69) is 11.6 Å². The molecule has 0 aliphatic heterocycles. The number of hydrogen-bond donors (Lipinski definition) is 0. The van der Waals surface area contributed by atoms with Gasteiger partial charge in [-0.3, -0.25) is 0 Å². The second-order valence-electron chi connectivity index (χ2n) is 1.68. The number of rotatable bonds is 2. The third-order valence-corrected chi connectivity index (χ3v) is 1.11. The maximum Gasteiger partial charge on any atom is 0.131 e. The molecule has 0 spiro atoms. The molecule has 0 aliphatic carbocycles. The molecule has 0 atom stereocenters. The van der Waals surface area contributed by atoms with Gasteiger partial charge in [-0.15, -0.1) is 0 Å². The first-order chi connectivity index (χ1) is 4.18. The quantitative estimate of drug-likeness (QED) is 0.527. The molecule has 0 aromatic rings. The summed E-state index contributed by atoms with van der Waals surface area (Å²) >= 11 is 5.59. The number of hydrogen-bond acceptors (Lipinski definition) is 1. The fourth-order valence-electron chi connectivity index (χ4n) is 0.250. The second-order valence-corrected chi connectivity index (χ2v) is 2.04. The van der Waals surface area contributed by atoms with Gasteiger partial charge in [0, 0.05) is 6.20 Å². The van der Waals surface area contributed by atoms with Crippen LogP contribution in [0.15, 0.2) is 29.4 Å². The molecule has 0 radical (unpaired) electrons. The average molecular weight is 144 g/mol. The van der Waals surface area contributed by atoms with Crippen molar-refractivity contribution in [2.45, 2.75) is 13.8 Å². The Balaban J connectivity index is 4.00. The number of allylic oxidation sites excluding steroid dienone is 2. The summed E-state index contributed by atoms with van der Waals surface area (Å²) in [5, 5.41) is 0.466. The van der Waals surface area contributed by atoms with Gasteiger partial charge in [-0.1, -0.05) is 24.3 Å². The molecule has 0 aliphatic rings. The van der Waals surface area contributed by atoms with Crippen molar-refractivity contribution >= 4 is 16.8 Å². The molecule has 0 fully saturated rings. The predicted octanol–water partition coefficient (Wildman–Crippen LogP) is 2.73. The van der Waals surface area contributed by atoms with Gasteiger partial charge in [-0.2, -0.15) is 0 Å². The number of nitrogens with zero attached hydrogens (tertiary/aromatic N) is 1. The van der Waals surface area contributed by atoms with Crippen LogP contribution in [0.4, 0.5) is 0 Å². The highest BCUT2D eigenvalue weighted by Crippen LogP contribution is 1.97. The van der Waals surface area contributed by atoms with E-state index in [-0.39, 0.29) is 0 Å². The van der Waals surface area contributed by atoms with Gasteiger partial charge < -0.3 is 0 Å². The van der Waals surface area contributed by atoms with Gasteiger partial charge >= 0.3 is 0 Å². The lowest BCUT2D eigenvalue weighted by molar-refractivity contribution is 1.51. The minimum atomic E-state index is 0.466. The zero-order valence-electron chi connectivity index (χ0n) is 5.69. The van der Waals surface area contributed by atoms with Crippen LogP contribution >= 0.6 is 11.6 Å². The Hall–Kier alpha value is -0.560. The van der Waals surface area contributed by atoms with Crippen LogP contribution in [0, 0.1) is 0 Å². The molecule has 0 unspecified atom stereocenters. The highest BCUT2D eigenvalue weighted by Gasteiger charge is 1.88. The van der Waals surface area contributed by atoms with Crippen molar-refractivity contribution in [3.05, 3.63) is 24.4 Å². The van der Waals surface area contributed by atoms with E-state index in [9.17, 15) is 0 Å². The van der Waals surface area contributed by atoms with E-state index < -0.39 is 0 Å². The summed E-state index contributed by atoms with van der Waals surface area (Å²) in [5.74, 6) is 0. The van der Waals surface area contributed by atoms with Crippen LogP contribution in [-0.2, 0) is 0 Å². The minimum Gasteiger partial charge on any atom is -0.245 e. The Labute approximate surface area is 60.7 Å². The Morgan fingerprint density at radius 2 is 2.22 bits per heavy atom. The zero-order chi connectivity index (χ0) is 7.28. The van der Waals surface area contributed by atoms with Gasteiger partial charge in [0.2, 0.25) is 0 Å². The van der Waals surface area contributed by atoms with Crippen LogP contribution in [0.2, 0.25) is 0 Å². The van der Waals surface area contributed by atoms with Crippen molar-refractivity contribution in [2.24, 2.45) is 4.99 Å². The Morgan fingerprint density at radius 3 is 2.56 bits per heavy atom. The minimum absolute atomic E-state index is 0.466. The summed E-state index contributed by atoms with van der Waals surface area (Å²) in [6.45, 7) is 7.31. The largest absolute Gasteiger partial charge is 0.245 e. The first kappa shape index (κ1) is 8.44. The first-order valence-electron chi connectivity index (χ1n) is 2.69. The summed E-state index contributed by atoms with van der Waals surface area (Å²) in [5.41, 5.74) is 0.787. The maximum atomic E-state index is 5.59. The molecular formula is C7H10ClN. The van der Waals surface area contributed by atoms with E-state index in [1.807, 2.05) is 19.9 Å². The van der Waals surface area contributed by atoms with Gasteiger partial charge in [0.1, 0.15) is 5.17 Å². The van der Waals surface area contributed by atoms with Gasteiger partial charge in [-0.25, -0.2) is 4.99 Å². The predicted molar refractivity (Wildman–Crippen MR) is 42.9 cm³/mol. The van der Waals surface area contributed by atoms with Gasteiger partial charge in [0.25, 0.3) is 0 Å². The second kappa shape index (κ2) is 4.33. The molecular weight excluding hydrogens is 134 g/mol. The van der Waals surface area contributed by atoms with Gasteiger partial charge in [0.15, 0.2) is 0 Å². The highest BCUT2D eigenvalue weighted by atomic mass is 35.5. The van der Waals surface area contributed by atoms with Crippen LogP contribution < -0.4 is 0 Å². The van der Waals surface area contributed by atoms with Crippen LogP contribution in [0.3, 0.4) is 0 Å². The smallest absolute Gasteiger partial charge is 0.131 e. The summed E-state index contributed by atoms with van der Waals surface area (Å²) in [4.78, 5) is 3.84. The van der Waals surface area contributed by atoms with Crippen LogP contribution in [0.25, 0.3) is 0 Å². The molecule has 0 saturated carbocycles. The highest BCUT2D eigenvalue weighted by molar-refractivity contribution is 6.69. The Bertz CT molecular complexity index is 156. The molecule has 0 aromatic heterocycles. The van der Waals surface area contributed by atoms with Crippen molar-refractivity contribution in [1.82, 2.24) is 0 Å². The van der Waals surface area contributed by atoms with Crippen molar-refractivity contribution in [1.29, 1.82) is 0 Å². The topological polar surface area (TPSA) is 12.4 Å². The SMILES string of the molecule is C=C(C)C(Cl)=NC=CC. The Morgan fingerprint density at radius 1 is 1.67 bits per heavy atom. The fraction of sp³-hybridized carbons (Fsp3) is 0.286. The summed E-state index contributed by atoms with van der Waals surface area (Å²) in [6, 6.07) is 0. The summed E-state index contributed by atoms with van der Waals surface area (Å²) < 4.78 is 0. The number of aliphatic imine (C=N–C) groups is 1. The van der Waals surface area contributed by atoms with Crippen LogP contribution in [0.1, 0.15) is 13.8 Å². The van der Waals surface area contributed by atoms with Crippen LogP contribution in [0.5, 0.6) is 0 Å². The van der Waals surface area contributed by atoms with E-state index in [1.54, 1.807) is 6.20 Å². The lowest BCUT2D eigenvalue weighted by Crippen LogP contribution is -1.84. The van der Waals surface area contributed by atoms with Crippen LogP contribution in [-0.4, -0.2) is 5.17 Å². The third-order valence-electron chi connectivity index (χ3n) is 0.689. The lowest BCUT2D eigenvalue weighted by Gasteiger charge is -1.88. The molecule has 0 rings (SSSR count). The molecule has 0 amide bonds. The van der Waals surface area contributed by atoms with Crippen molar-refractivity contribution < 1.29 is 0 Å². The molecule has 0 bridgehead atoms. The van der Waals surface area contributed by atoms with Gasteiger partial charge in [-0.05, 0) is 19.4 Å². The monoisotopic (exact) mass is 143 g/mol. The van der Waals surface area contributed by atoms with E-state index in [1.165, 1.54) is 0 Å². The molecule has 0 saturated heterocycles. The van der Waals surface area contributed by atoms with Gasteiger partial charge in [0.05, 0.1) is 0 Å². The normalized spacial score (nSPS) is 12.6.